The van der Waals surface area contributed by atoms with E-state index in [1.165, 1.54) is 19.2 Å². The van der Waals surface area contributed by atoms with Gasteiger partial charge in [0.2, 0.25) is 0 Å². The highest BCUT2D eigenvalue weighted by molar-refractivity contribution is 9.10. The van der Waals surface area contributed by atoms with E-state index >= 15 is 0 Å². The van der Waals surface area contributed by atoms with E-state index < -0.39 is 10.0 Å². The van der Waals surface area contributed by atoms with Gasteiger partial charge in [-0.05, 0) is 24.3 Å². The Labute approximate surface area is 80.0 Å². The van der Waals surface area contributed by atoms with Crippen LogP contribution in [-0.2, 0) is 10.0 Å². The molecule has 0 saturated heterocycles. The number of sulfonamides is 1. The lowest BCUT2D eigenvalue weighted by molar-refractivity contribution is 0.587. The van der Waals surface area contributed by atoms with Crippen molar-refractivity contribution in [3.63, 3.8) is 0 Å². The molecule has 12 heavy (non-hydrogen) atoms. The zero-order valence-corrected chi connectivity index (χ0v) is 8.76. The van der Waals surface area contributed by atoms with Gasteiger partial charge in [-0.2, -0.15) is 0 Å². The molecule has 65 valence electrons. The van der Waals surface area contributed by atoms with E-state index in [-0.39, 0.29) is 4.90 Å². The molecular weight excluding hydrogens is 242 g/mol. The van der Waals surface area contributed by atoms with E-state index in [0.717, 1.165) is 4.47 Å². The summed E-state index contributed by atoms with van der Waals surface area (Å²) in [7, 11) is -2.15. The minimum atomic E-state index is -3.41. The molecule has 0 aliphatic carbocycles. The van der Waals surface area contributed by atoms with Crippen LogP contribution in [-0.4, -0.2) is 15.5 Å². The first-order valence-corrected chi connectivity index (χ1v) is 5.41. The predicted octanol–water partition coefficient (Wildman–Crippen LogP) is 1.37. The summed E-state index contributed by atoms with van der Waals surface area (Å²) in [6, 6.07) is 6.34. The lowest BCUT2D eigenvalue weighted by Gasteiger charge is -1.99. The number of hydrogen-bond acceptors (Lipinski definition) is 2. The number of hydrogen-bond donors (Lipinski definition) is 0. The number of rotatable bonds is 2. The highest BCUT2D eigenvalue weighted by Crippen LogP contribution is 2.14. The summed E-state index contributed by atoms with van der Waals surface area (Å²) in [5.74, 6) is 0. The molecule has 3 nitrogen and oxygen atoms in total. The molecule has 1 aromatic carbocycles. The highest BCUT2D eigenvalue weighted by atomic mass is 79.9. The third-order valence-corrected chi connectivity index (χ3v) is 3.23. The number of halogens is 1. The maximum atomic E-state index is 11.1. The molecule has 0 unspecified atom stereocenters. The maximum absolute atomic E-state index is 11.1. The van der Waals surface area contributed by atoms with Gasteiger partial charge in [0.15, 0.2) is 0 Å². The van der Waals surface area contributed by atoms with Crippen molar-refractivity contribution >= 4 is 26.0 Å². The van der Waals surface area contributed by atoms with E-state index in [4.69, 9.17) is 0 Å². The Bertz CT molecular complexity index is 357. The molecule has 0 N–H and O–H groups in total. The van der Waals surface area contributed by atoms with Crippen LogP contribution in [0.1, 0.15) is 0 Å². The summed E-state index contributed by atoms with van der Waals surface area (Å²) in [6.07, 6.45) is 0. The molecular formula is C7H7BrNO2S. The molecule has 0 aliphatic rings. The quantitative estimate of drug-likeness (QED) is 0.794. The largest absolute Gasteiger partial charge is 0.256 e. The van der Waals surface area contributed by atoms with Gasteiger partial charge in [0.05, 0.1) is 4.90 Å². The van der Waals surface area contributed by atoms with Gasteiger partial charge >= 0.3 is 0 Å². The van der Waals surface area contributed by atoms with Crippen molar-refractivity contribution in [2.75, 3.05) is 7.05 Å². The topological polar surface area (TPSA) is 48.2 Å². The van der Waals surface area contributed by atoms with Crippen molar-refractivity contribution in [2.24, 2.45) is 0 Å². The van der Waals surface area contributed by atoms with Crippen LogP contribution in [0.3, 0.4) is 0 Å². The molecule has 0 amide bonds. The molecule has 5 heteroatoms. The summed E-state index contributed by atoms with van der Waals surface area (Å²) >= 11 is 3.21. The molecule has 0 saturated carbocycles. The Hall–Kier alpha value is -0.390. The Morgan fingerprint density at radius 3 is 2.17 bits per heavy atom. The van der Waals surface area contributed by atoms with Crippen molar-refractivity contribution in [2.45, 2.75) is 4.90 Å². The van der Waals surface area contributed by atoms with Crippen LogP contribution in [0, 0.1) is 0 Å². The van der Waals surface area contributed by atoms with Gasteiger partial charge in [-0.1, -0.05) is 15.9 Å². The minimum absolute atomic E-state index is 0.216. The summed E-state index contributed by atoms with van der Waals surface area (Å²) in [5, 5.41) is 0. The standard InChI is InChI=1S/C7H7BrNO2S/c1-9-12(10,11)7-4-2-6(8)3-5-7/h2-5H,1H3. The molecule has 0 heterocycles. The number of nitrogens with zero attached hydrogens (tertiary/aromatic N) is 1. The van der Waals surface area contributed by atoms with Gasteiger partial charge in [-0.25, -0.2) is 8.42 Å². The van der Waals surface area contributed by atoms with Crippen LogP contribution in [0.4, 0.5) is 0 Å². The van der Waals surface area contributed by atoms with Crippen LogP contribution in [0.15, 0.2) is 33.6 Å². The molecule has 0 spiro atoms. The molecule has 0 fully saturated rings. The first-order valence-electron chi connectivity index (χ1n) is 3.18. The molecule has 1 rings (SSSR count). The maximum Gasteiger partial charge on any atom is 0.256 e. The second-order valence-corrected chi connectivity index (χ2v) is 4.81. The van der Waals surface area contributed by atoms with E-state index in [9.17, 15) is 8.42 Å². The zero-order chi connectivity index (χ0) is 9.19. The summed E-state index contributed by atoms with van der Waals surface area (Å²) < 4.78 is 26.4. The monoisotopic (exact) mass is 248 g/mol. The average Bonchev–Trinajstić information content (AvgIpc) is 2.05. The average molecular weight is 249 g/mol. The summed E-state index contributed by atoms with van der Waals surface area (Å²) in [6.45, 7) is 0. The number of benzene rings is 1. The Kier molecular flexibility index (Phi) is 2.87. The molecule has 0 aromatic heterocycles. The molecule has 1 aromatic rings. The van der Waals surface area contributed by atoms with E-state index in [2.05, 4.69) is 20.7 Å². The third kappa shape index (κ3) is 2.06. The van der Waals surface area contributed by atoms with E-state index in [0.29, 0.717) is 0 Å². The first kappa shape index (κ1) is 9.70. The van der Waals surface area contributed by atoms with Gasteiger partial charge in [-0.3, -0.25) is 0 Å². The predicted molar refractivity (Wildman–Crippen MR) is 49.4 cm³/mol. The smallest absolute Gasteiger partial charge is 0.206 e. The highest BCUT2D eigenvalue weighted by Gasteiger charge is 2.10. The van der Waals surface area contributed by atoms with Crippen LogP contribution < -0.4 is 4.72 Å². The Morgan fingerprint density at radius 2 is 1.75 bits per heavy atom. The Balaban J connectivity index is 3.14. The second-order valence-electron chi connectivity index (χ2n) is 2.11. The zero-order valence-electron chi connectivity index (χ0n) is 6.36. The third-order valence-electron chi connectivity index (χ3n) is 1.35. The van der Waals surface area contributed by atoms with Crippen LogP contribution in [0.2, 0.25) is 0 Å². The van der Waals surface area contributed by atoms with Crippen molar-refractivity contribution in [1.29, 1.82) is 0 Å². The fourth-order valence-corrected chi connectivity index (χ4v) is 1.67. The van der Waals surface area contributed by atoms with E-state index in [1.54, 1.807) is 12.1 Å². The van der Waals surface area contributed by atoms with Crippen LogP contribution in [0.25, 0.3) is 0 Å². The van der Waals surface area contributed by atoms with Crippen molar-refractivity contribution in [3.8, 4) is 0 Å². The summed E-state index contributed by atoms with van der Waals surface area (Å²) in [5.41, 5.74) is 0. The Morgan fingerprint density at radius 1 is 1.25 bits per heavy atom. The summed E-state index contributed by atoms with van der Waals surface area (Å²) in [4.78, 5) is 0.216. The SMILES string of the molecule is C[N]S(=O)(=O)c1ccc(Br)cc1. The fourth-order valence-electron chi connectivity index (χ4n) is 0.712. The van der Waals surface area contributed by atoms with Crippen molar-refractivity contribution in [1.82, 2.24) is 4.72 Å². The molecule has 1 radical (unpaired) electrons. The van der Waals surface area contributed by atoms with Crippen molar-refractivity contribution < 1.29 is 8.42 Å². The fraction of sp³-hybridized carbons (Fsp3) is 0.143. The first-order chi connectivity index (χ1) is 5.56. The lowest BCUT2D eigenvalue weighted by Crippen LogP contribution is -2.11. The van der Waals surface area contributed by atoms with E-state index in [1.807, 2.05) is 0 Å². The normalized spacial score (nSPS) is 11.5. The van der Waals surface area contributed by atoms with Crippen LogP contribution >= 0.6 is 15.9 Å². The molecule has 0 aliphatic heterocycles. The second kappa shape index (κ2) is 3.55. The van der Waals surface area contributed by atoms with Gasteiger partial charge in [-0.15, -0.1) is 4.72 Å². The minimum Gasteiger partial charge on any atom is -0.206 e. The van der Waals surface area contributed by atoms with Gasteiger partial charge in [0.1, 0.15) is 0 Å². The lowest BCUT2D eigenvalue weighted by atomic mass is 10.4. The van der Waals surface area contributed by atoms with Crippen LogP contribution in [0.5, 0.6) is 0 Å². The van der Waals surface area contributed by atoms with Gasteiger partial charge < -0.3 is 0 Å². The van der Waals surface area contributed by atoms with Crippen molar-refractivity contribution in [3.05, 3.63) is 28.7 Å². The molecule has 0 atom stereocenters. The molecule has 0 bridgehead atoms. The van der Waals surface area contributed by atoms with Gasteiger partial charge in [0, 0.05) is 11.5 Å². The van der Waals surface area contributed by atoms with Gasteiger partial charge in [0.25, 0.3) is 10.0 Å².